The largest absolute Gasteiger partial charge is 0.481 e. The lowest BCUT2D eigenvalue weighted by Crippen LogP contribution is -2.06. The van der Waals surface area contributed by atoms with Gasteiger partial charge in [-0.05, 0) is 6.07 Å². The first-order valence-electron chi connectivity index (χ1n) is 4.90. The van der Waals surface area contributed by atoms with Crippen LogP contribution in [-0.4, -0.2) is 22.1 Å². The third-order valence-corrected chi connectivity index (χ3v) is 2.18. The molecule has 0 atom stereocenters. The molecule has 0 radical (unpaired) electrons. The van der Waals surface area contributed by atoms with Crippen LogP contribution in [0.25, 0.3) is 11.4 Å². The number of hydrogen-bond donors (Lipinski definition) is 0. The van der Waals surface area contributed by atoms with Crippen molar-refractivity contribution in [3.8, 4) is 17.3 Å². The van der Waals surface area contributed by atoms with Crippen molar-refractivity contribution in [2.75, 3.05) is 7.11 Å². The fourth-order valence-electron chi connectivity index (χ4n) is 1.26. The first-order valence-corrected chi connectivity index (χ1v) is 4.90. The molecule has 94 valence electrons. The Balaban J connectivity index is 2.28. The minimum absolute atomic E-state index is 0.179. The minimum Gasteiger partial charge on any atom is -0.481 e. The van der Waals surface area contributed by atoms with E-state index in [1.54, 1.807) is 12.1 Å². The number of pyridine rings is 1. The van der Waals surface area contributed by atoms with Gasteiger partial charge < -0.3 is 4.74 Å². The van der Waals surface area contributed by atoms with Gasteiger partial charge in [0.15, 0.2) is 5.82 Å². The summed E-state index contributed by atoms with van der Waals surface area (Å²) in [7, 11) is 1.47. The van der Waals surface area contributed by atoms with Crippen molar-refractivity contribution in [3.63, 3.8) is 0 Å². The fraction of sp³-hybridized carbons (Fsp3) is 0.182. The van der Waals surface area contributed by atoms with E-state index in [0.29, 0.717) is 11.4 Å². The average molecular weight is 255 g/mol. The zero-order chi connectivity index (χ0) is 13.2. The van der Waals surface area contributed by atoms with Crippen LogP contribution in [0.15, 0.2) is 30.7 Å². The molecule has 0 bridgehead atoms. The van der Waals surface area contributed by atoms with Gasteiger partial charge in [0.05, 0.1) is 12.7 Å². The summed E-state index contributed by atoms with van der Waals surface area (Å²) in [6, 6.07) is 3.20. The van der Waals surface area contributed by atoms with Gasteiger partial charge in [0.1, 0.15) is 0 Å². The van der Waals surface area contributed by atoms with E-state index >= 15 is 0 Å². The maximum atomic E-state index is 12.3. The van der Waals surface area contributed by atoms with E-state index in [2.05, 4.69) is 15.0 Å². The molecule has 2 heterocycles. The highest BCUT2D eigenvalue weighted by Gasteiger charge is 2.31. The van der Waals surface area contributed by atoms with Crippen LogP contribution in [0.3, 0.4) is 0 Å². The molecule has 0 spiro atoms. The third kappa shape index (κ3) is 2.55. The monoisotopic (exact) mass is 255 g/mol. The van der Waals surface area contributed by atoms with Crippen LogP contribution >= 0.6 is 0 Å². The van der Waals surface area contributed by atoms with Crippen LogP contribution in [0.2, 0.25) is 0 Å². The Bertz CT molecular complexity index is 523. The number of hydrogen-bond acceptors (Lipinski definition) is 4. The summed E-state index contributed by atoms with van der Waals surface area (Å²) in [4.78, 5) is 11.2. The van der Waals surface area contributed by atoms with Gasteiger partial charge in [-0.1, -0.05) is 0 Å². The minimum atomic E-state index is -4.43. The number of nitrogens with zero attached hydrogens (tertiary/aromatic N) is 3. The molecular weight excluding hydrogens is 247 g/mol. The Morgan fingerprint density at radius 2 is 1.67 bits per heavy atom. The zero-order valence-electron chi connectivity index (χ0n) is 9.27. The summed E-state index contributed by atoms with van der Waals surface area (Å²) in [5.41, 5.74) is -0.364. The molecule has 0 aliphatic carbocycles. The predicted octanol–water partition coefficient (Wildman–Crippen LogP) is 2.57. The highest BCUT2D eigenvalue weighted by molar-refractivity contribution is 5.53. The lowest BCUT2D eigenvalue weighted by atomic mass is 10.2. The van der Waals surface area contributed by atoms with Crippen LogP contribution in [0, 0.1) is 0 Å². The van der Waals surface area contributed by atoms with Crippen LogP contribution in [0.4, 0.5) is 13.2 Å². The molecule has 0 saturated carbocycles. The van der Waals surface area contributed by atoms with E-state index in [0.717, 1.165) is 12.4 Å². The third-order valence-electron chi connectivity index (χ3n) is 2.18. The zero-order valence-corrected chi connectivity index (χ0v) is 9.27. The number of alkyl halides is 3. The molecule has 18 heavy (non-hydrogen) atoms. The number of rotatable bonds is 2. The molecule has 7 heteroatoms. The predicted molar refractivity (Wildman–Crippen MR) is 56.8 cm³/mol. The Kier molecular flexibility index (Phi) is 3.14. The standard InChI is InChI=1S/C11H8F3N3O/c1-18-9-3-2-7(4-15-9)10-16-5-8(6-17-10)11(12,13)14/h2-6H,1H3. The fourth-order valence-corrected chi connectivity index (χ4v) is 1.26. The highest BCUT2D eigenvalue weighted by Crippen LogP contribution is 2.28. The van der Waals surface area contributed by atoms with Gasteiger partial charge in [-0.15, -0.1) is 0 Å². The van der Waals surface area contributed by atoms with Crippen LogP contribution in [-0.2, 0) is 6.18 Å². The van der Waals surface area contributed by atoms with E-state index in [1.165, 1.54) is 13.3 Å². The van der Waals surface area contributed by atoms with Crippen molar-refractivity contribution < 1.29 is 17.9 Å². The number of halogens is 3. The molecule has 0 aliphatic heterocycles. The molecule has 4 nitrogen and oxygen atoms in total. The summed E-state index contributed by atoms with van der Waals surface area (Å²) in [5, 5.41) is 0. The second kappa shape index (κ2) is 4.59. The maximum Gasteiger partial charge on any atom is 0.419 e. The van der Waals surface area contributed by atoms with Gasteiger partial charge in [0.2, 0.25) is 5.88 Å². The van der Waals surface area contributed by atoms with Crippen LogP contribution < -0.4 is 4.74 Å². The second-order valence-corrected chi connectivity index (χ2v) is 3.38. The van der Waals surface area contributed by atoms with Crippen LogP contribution in [0.5, 0.6) is 5.88 Å². The summed E-state index contributed by atoms with van der Waals surface area (Å²) >= 11 is 0. The van der Waals surface area contributed by atoms with E-state index in [4.69, 9.17) is 4.74 Å². The Labute approximate surface area is 100 Å². The molecule has 0 amide bonds. The lowest BCUT2D eigenvalue weighted by Gasteiger charge is -2.06. The summed E-state index contributed by atoms with van der Waals surface area (Å²) < 4.78 is 41.8. The Hall–Kier alpha value is -2.18. The van der Waals surface area contributed by atoms with Gasteiger partial charge in [-0.25, -0.2) is 15.0 Å². The van der Waals surface area contributed by atoms with Crippen molar-refractivity contribution >= 4 is 0 Å². The molecule has 2 aromatic heterocycles. The van der Waals surface area contributed by atoms with Gasteiger partial charge in [0.25, 0.3) is 0 Å². The molecular formula is C11H8F3N3O. The maximum absolute atomic E-state index is 12.3. The van der Waals surface area contributed by atoms with Crippen molar-refractivity contribution in [2.45, 2.75) is 6.18 Å². The van der Waals surface area contributed by atoms with Crippen molar-refractivity contribution in [2.24, 2.45) is 0 Å². The van der Waals surface area contributed by atoms with E-state index in [-0.39, 0.29) is 5.82 Å². The van der Waals surface area contributed by atoms with Gasteiger partial charge >= 0.3 is 6.18 Å². The molecule has 2 aromatic rings. The SMILES string of the molecule is COc1ccc(-c2ncc(C(F)(F)F)cn2)cn1. The van der Waals surface area contributed by atoms with Crippen molar-refractivity contribution in [3.05, 3.63) is 36.3 Å². The van der Waals surface area contributed by atoms with Crippen LogP contribution in [0.1, 0.15) is 5.56 Å². The Morgan fingerprint density at radius 3 is 2.11 bits per heavy atom. The average Bonchev–Trinajstić information content (AvgIpc) is 2.38. The summed E-state index contributed by atoms with van der Waals surface area (Å²) in [5.74, 6) is 0.587. The number of aromatic nitrogens is 3. The first-order chi connectivity index (χ1) is 8.50. The molecule has 0 unspecified atom stereocenters. The smallest absolute Gasteiger partial charge is 0.419 e. The molecule has 0 aromatic carbocycles. The highest BCUT2D eigenvalue weighted by atomic mass is 19.4. The van der Waals surface area contributed by atoms with E-state index < -0.39 is 11.7 Å². The Morgan fingerprint density at radius 1 is 1.00 bits per heavy atom. The second-order valence-electron chi connectivity index (χ2n) is 3.38. The number of methoxy groups -OCH3 is 1. The lowest BCUT2D eigenvalue weighted by molar-refractivity contribution is -0.138. The molecule has 0 N–H and O–H groups in total. The molecule has 2 rings (SSSR count). The van der Waals surface area contributed by atoms with E-state index in [1.807, 2.05) is 0 Å². The topological polar surface area (TPSA) is 47.9 Å². The van der Waals surface area contributed by atoms with Crippen molar-refractivity contribution in [1.82, 2.24) is 15.0 Å². The number of ether oxygens (including phenoxy) is 1. The van der Waals surface area contributed by atoms with Gasteiger partial charge in [0, 0.05) is 30.2 Å². The molecule has 0 aliphatic rings. The van der Waals surface area contributed by atoms with Gasteiger partial charge in [-0.3, -0.25) is 0 Å². The van der Waals surface area contributed by atoms with Gasteiger partial charge in [-0.2, -0.15) is 13.2 Å². The quantitative estimate of drug-likeness (QED) is 0.827. The summed E-state index contributed by atoms with van der Waals surface area (Å²) in [6.45, 7) is 0. The normalized spacial score (nSPS) is 11.3. The van der Waals surface area contributed by atoms with E-state index in [9.17, 15) is 13.2 Å². The molecule has 0 saturated heterocycles. The summed E-state index contributed by atoms with van der Waals surface area (Å²) in [6.07, 6.45) is -1.52. The first kappa shape index (κ1) is 12.3. The molecule has 0 fully saturated rings. The van der Waals surface area contributed by atoms with Crippen molar-refractivity contribution in [1.29, 1.82) is 0 Å².